The summed E-state index contributed by atoms with van der Waals surface area (Å²) in [5, 5.41) is 0. The lowest BCUT2D eigenvalue weighted by atomic mass is 10.1. The van der Waals surface area contributed by atoms with Gasteiger partial charge in [-0.15, -0.1) is 0 Å². The van der Waals surface area contributed by atoms with Crippen molar-refractivity contribution in [2.75, 3.05) is 13.6 Å². The maximum absolute atomic E-state index is 10.2. The van der Waals surface area contributed by atoms with Crippen LogP contribution in [0.4, 0.5) is 0 Å². The van der Waals surface area contributed by atoms with E-state index in [4.69, 9.17) is 0 Å². The van der Waals surface area contributed by atoms with E-state index in [1.54, 1.807) is 0 Å². The molecule has 1 aliphatic rings. The second kappa shape index (κ2) is 4.80. The number of likely N-dealkylation sites (tertiary alicyclic amines) is 1. The molecule has 0 atom stereocenters. The van der Waals surface area contributed by atoms with Crippen LogP contribution in [0.5, 0.6) is 0 Å². The van der Waals surface area contributed by atoms with Crippen molar-refractivity contribution in [2.24, 2.45) is 4.99 Å². The van der Waals surface area contributed by atoms with Gasteiger partial charge in [0.2, 0.25) is 0 Å². The topological polar surface area (TPSA) is 32.7 Å². The fraction of sp³-hybridized carbons (Fsp3) is 0.600. The van der Waals surface area contributed by atoms with E-state index >= 15 is 0 Å². The lowest BCUT2D eigenvalue weighted by molar-refractivity contribution is -0.104. The molecule has 0 unspecified atom stereocenters. The summed E-state index contributed by atoms with van der Waals surface area (Å²) in [6.07, 6.45) is 5.75. The predicted octanol–water partition coefficient (Wildman–Crippen LogP) is 1.60. The molecule has 0 N–H and O–H groups in total. The van der Waals surface area contributed by atoms with Crippen molar-refractivity contribution >= 4 is 12.1 Å². The van der Waals surface area contributed by atoms with Gasteiger partial charge in [0.15, 0.2) is 0 Å². The molecule has 1 saturated heterocycles. The molecule has 1 rings (SSSR count). The minimum atomic E-state index is 0.780. The Morgan fingerprint density at radius 2 is 2.31 bits per heavy atom. The first-order valence-corrected chi connectivity index (χ1v) is 4.65. The van der Waals surface area contributed by atoms with Gasteiger partial charge in [-0.3, -0.25) is 4.79 Å². The van der Waals surface area contributed by atoms with Crippen molar-refractivity contribution in [3.05, 3.63) is 11.8 Å². The Morgan fingerprint density at radius 3 is 2.92 bits per heavy atom. The van der Waals surface area contributed by atoms with Gasteiger partial charge in [-0.2, -0.15) is 0 Å². The van der Waals surface area contributed by atoms with Gasteiger partial charge in [-0.05, 0) is 25.8 Å². The summed E-state index contributed by atoms with van der Waals surface area (Å²) in [4.78, 5) is 16.7. The summed E-state index contributed by atoms with van der Waals surface area (Å²) in [5.41, 5.74) is 0.791. The van der Waals surface area contributed by atoms with Gasteiger partial charge in [0, 0.05) is 25.7 Å². The quantitative estimate of drug-likeness (QED) is 0.477. The average molecular weight is 180 g/mol. The number of hydrogen-bond donors (Lipinski definition) is 0. The third-order valence-corrected chi connectivity index (χ3v) is 2.20. The molecule has 0 spiro atoms. The Morgan fingerprint density at radius 1 is 1.54 bits per heavy atom. The molecule has 0 aromatic rings. The Labute approximate surface area is 79.1 Å². The van der Waals surface area contributed by atoms with E-state index in [1.165, 1.54) is 18.9 Å². The van der Waals surface area contributed by atoms with E-state index in [2.05, 4.69) is 9.89 Å². The van der Waals surface area contributed by atoms with Crippen LogP contribution in [0.3, 0.4) is 0 Å². The third-order valence-electron chi connectivity index (χ3n) is 2.20. The second-order valence-electron chi connectivity index (χ2n) is 3.35. The van der Waals surface area contributed by atoms with Crippen molar-refractivity contribution < 1.29 is 4.79 Å². The van der Waals surface area contributed by atoms with Crippen molar-refractivity contribution in [3.8, 4) is 0 Å². The first kappa shape index (κ1) is 9.96. The van der Waals surface area contributed by atoms with Crippen LogP contribution < -0.4 is 0 Å². The number of aliphatic imine (C=N–C) groups is 1. The molecule has 0 aromatic carbocycles. The minimum absolute atomic E-state index is 0.780. The highest BCUT2D eigenvalue weighted by Crippen LogP contribution is 2.11. The second-order valence-corrected chi connectivity index (χ2v) is 3.35. The molecular formula is C10H16N2O. The standard InChI is InChI=1S/C10H16N2O/c1-9(6-8-13)11-10-5-3-4-7-12(10)2/h6,8H,3-5,7H2,1-2H3/b9-6-,11-10-. The molecular weight excluding hydrogens is 164 g/mol. The van der Waals surface area contributed by atoms with E-state index in [0.29, 0.717) is 0 Å². The van der Waals surface area contributed by atoms with Crippen LogP contribution in [-0.4, -0.2) is 30.6 Å². The van der Waals surface area contributed by atoms with Crippen molar-refractivity contribution in [1.29, 1.82) is 0 Å². The number of carbonyl (C=O) groups excluding carboxylic acids is 1. The zero-order valence-corrected chi connectivity index (χ0v) is 8.29. The molecule has 0 bridgehead atoms. The Bertz CT molecular complexity index is 243. The fourth-order valence-corrected chi connectivity index (χ4v) is 1.43. The first-order valence-electron chi connectivity index (χ1n) is 4.65. The normalized spacial score (nSPS) is 22.2. The fourth-order valence-electron chi connectivity index (χ4n) is 1.43. The molecule has 0 amide bonds. The molecule has 0 aromatic heterocycles. The highest BCUT2D eigenvalue weighted by Gasteiger charge is 2.11. The molecule has 0 saturated carbocycles. The Balaban J connectivity index is 2.67. The number of carbonyl (C=O) groups is 1. The highest BCUT2D eigenvalue weighted by atomic mass is 16.1. The van der Waals surface area contributed by atoms with Gasteiger partial charge >= 0.3 is 0 Å². The smallest absolute Gasteiger partial charge is 0.144 e. The van der Waals surface area contributed by atoms with E-state index in [1.807, 2.05) is 14.0 Å². The molecule has 3 nitrogen and oxygen atoms in total. The largest absolute Gasteiger partial charge is 0.363 e. The SMILES string of the molecule is CC(=C/C=O)/N=C1/CCCCN1C. The maximum atomic E-state index is 10.2. The first-order chi connectivity index (χ1) is 6.24. The lowest BCUT2D eigenvalue weighted by Crippen LogP contribution is -2.31. The predicted molar refractivity (Wildman–Crippen MR) is 53.7 cm³/mol. The molecule has 13 heavy (non-hydrogen) atoms. The Hall–Kier alpha value is -1.12. The minimum Gasteiger partial charge on any atom is -0.363 e. The Kier molecular flexibility index (Phi) is 3.68. The number of piperidine rings is 1. The van der Waals surface area contributed by atoms with Crippen LogP contribution >= 0.6 is 0 Å². The van der Waals surface area contributed by atoms with E-state index < -0.39 is 0 Å². The zero-order chi connectivity index (χ0) is 9.68. The van der Waals surface area contributed by atoms with Crippen molar-refractivity contribution in [3.63, 3.8) is 0 Å². The average Bonchev–Trinajstić information content (AvgIpc) is 2.09. The van der Waals surface area contributed by atoms with Crippen molar-refractivity contribution in [2.45, 2.75) is 26.2 Å². The van der Waals surface area contributed by atoms with E-state index in [0.717, 1.165) is 30.8 Å². The monoisotopic (exact) mass is 180 g/mol. The number of rotatable bonds is 2. The molecule has 1 fully saturated rings. The number of hydrogen-bond acceptors (Lipinski definition) is 2. The molecule has 0 aliphatic carbocycles. The van der Waals surface area contributed by atoms with Crippen molar-refractivity contribution in [1.82, 2.24) is 4.90 Å². The number of allylic oxidation sites excluding steroid dienone is 2. The van der Waals surface area contributed by atoms with Gasteiger partial charge in [0.25, 0.3) is 0 Å². The summed E-state index contributed by atoms with van der Waals surface area (Å²) in [6, 6.07) is 0. The van der Waals surface area contributed by atoms with Crippen LogP contribution in [0.2, 0.25) is 0 Å². The van der Waals surface area contributed by atoms with Crippen LogP contribution in [0, 0.1) is 0 Å². The summed E-state index contributed by atoms with van der Waals surface area (Å²) < 4.78 is 0. The third kappa shape index (κ3) is 3.01. The summed E-state index contributed by atoms with van der Waals surface area (Å²) >= 11 is 0. The number of aldehydes is 1. The van der Waals surface area contributed by atoms with Crippen LogP contribution in [0.25, 0.3) is 0 Å². The van der Waals surface area contributed by atoms with Gasteiger partial charge in [0.1, 0.15) is 12.1 Å². The summed E-state index contributed by atoms with van der Waals surface area (Å²) in [6.45, 7) is 2.93. The highest BCUT2D eigenvalue weighted by molar-refractivity contribution is 5.84. The molecule has 1 heterocycles. The van der Waals surface area contributed by atoms with Gasteiger partial charge < -0.3 is 4.90 Å². The number of amidine groups is 1. The van der Waals surface area contributed by atoms with Gasteiger partial charge in [-0.25, -0.2) is 4.99 Å². The van der Waals surface area contributed by atoms with E-state index in [-0.39, 0.29) is 0 Å². The lowest BCUT2D eigenvalue weighted by Gasteiger charge is -2.25. The molecule has 72 valence electrons. The van der Waals surface area contributed by atoms with Gasteiger partial charge in [0.05, 0.1) is 0 Å². The van der Waals surface area contributed by atoms with Crippen LogP contribution in [0.1, 0.15) is 26.2 Å². The summed E-state index contributed by atoms with van der Waals surface area (Å²) in [7, 11) is 2.05. The molecule has 1 aliphatic heterocycles. The zero-order valence-electron chi connectivity index (χ0n) is 8.29. The number of nitrogens with zero attached hydrogens (tertiary/aromatic N) is 2. The van der Waals surface area contributed by atoms with Crippen LogP contribution in [0.15, 0.2) is 16.8 Å². The maximum Gasteiger partial charge on any atom is 0.144 e. The summed E-state index contributed by atoms with van der Waals surface area (Å²) in [5.74, 6) is 1.10. The molecule has 0 radical (unpaired) electrons. The van der Waals surface area contributed by atoms with Gasteiger partial charge in [-0.1, -0.05) is 0 Å². The van der Waals surface area contributed by atoms with Crippen LogP contribution in [-0.2, 0) is 4.79 Å². The molecule has 3 heteroatoms. The van der Waals surface area contributed by atoms with E-state index in [9.17, 15) is 4.79 Å².